The fraction of sp³-hybridized carbons (Fsp3) is 0.263. The van der Waals surface area contributed by atoms with Gasteiger partial charge in [0.1, 0.15) is 17.2 Å². The number of hydrogen-bond acceptors (Lipinski definition) is 6. The molecule has 1 N–H and O–H groups in total. The van der Waals surface area contributed by atoms with Crippen molar-refractivity contribution in [1.82, 2.24) is 9.78 Å². The lowest BCUT2D eigenvalue weighted by Crippen LogP contribution is -2.12. The SMILES string of the molecule is CCOc1ccc(NC(=O)c2ccc(Cn3nc(C)cc3C)o2)c([N+](=O)[O-])c1. The van der Waals surface area contributed by atoms with Crippen molar-refractivity contribution in [2.45, 2.75) is 27.3 Å². The maximum atomic E-state index is 12.5. The maximum Gasteiger partial charge on any atom is 0.296 e. The molecule has 2 aromatic heterocycles. The normalized spacial score (nSPS) is 10.7. The largest absolute Gasteiger partial charge is 0.494 e. The second-order valence-electron chi connectivity index (χ2n) is 6.17. The number of benzene rings is 1. The van der Waals surface area contributed by atoms with Gasteiger partial charge >= 0.3 is 0 Å². The van der Waals surface area contributed by atoms with E-state index in [-0.39, 0.29) is 17.1 Å². The third-order valence-electron chi connectivity index (χ3n) is 4.02. The van der Waals surface area contributed by atoms with Gasteiger partial charge < -0.3 is 14.5 Å². The summed E-state index contributed by atoms with van der Waals surface area (Å²) in [5.41, 5.74) is 1.68. The van der Waals surface area contributed by atoms with Crippen LogP contribution in [0.4, 0.5) is 11.4 Å². The number of ether oxygens (including phenoxy) is 1. The number of anilines is 1. The Labute approximate surface area is 161 Å². The van der Waals surface area contributed by atoms with Crippen LogP contribution in [0.2, 0.25) is 0 Å². The van der Waals surface area contributed by atoms with E-state index < -0.39 is 10.8 Å². The Kier molecular flexibility index (Phi) is 5.44. The summed E-state index contributed by atoms with van der Waals surface area (Å²) >= 11 is 0. The molecule has 0 aliphatic heterocycles. The summed E-state index contributed by atoms with van der Waals surface area (Å²) < 4.78 is 12.6. The molecule has 3 aromatic rings. The van der Waals surface area contributed by atoms with Gasteiger partial charge in [-0.1, -0.05) is 0 Å². The first-order valence-electron chi connectivity index (χ1n) is 8.69. The van der Waals surface area contributed by atoms with Crippen molar-refractivity contribution in [3.63, 3.8) is 0 Å². The van der Waals surface area contributed by atoms with E-state index in [1.54, 1.807) is 23.7 Å². The third kappa shape index (κ3) is 4.20. The lowest BCUT2D eigenvalue weighted by molar-refractivity contribution is -0.384. The molecule has 1 amide bonds. The summed E-state index contributed by atoms with van der Waals surface area (Å²) in [7, 11) is 0. The molecule has 0 aliphatic rings. The van der Waals surface area contributed by atoms with Gasteiger partial charge in [-0.2, -0.15) is 5.10 Å². The van der Waals surface area contributed by atoms with E-state index in [0.717, 1.165) is 11.4 Å². The molecule has 0 radical (unpaired) electrons. The first kappa shape index (κ1) is 19.2. The van der Waals surface area contributed by atoms with Crippen LogP contribution in [-0.2, 0) is 6.54 Å². The van der Waals surface area contributed by atoms with Crippen LogP contribution in [0.1, 0.15) is 34.6 Å². The zero-order valence-corrected chi connectivity index (χ0v) is 15.8. The van der Waals surface area contributed by atoms with Crippen LogP contribution < -0.4 is 10.1 Å². The number of nitro groups is 1. The second-order valence-corrected chi connectivity index (χ2v) is 6.17. The van der Waals surface area contributed by atoms with Crippen molar-refractivity contribution in [1.29, 1.82) is 0 Å². The highest BCUT2D eigenvalue weighted by molar-refractivity contribution is 6.03. The van der Waals surface area contributed by atoms with Crippen LogP contribution in [0.25, 0.3) is 0 Å². The van der Waals surface area contributed by atoms with E-state index in [4.69, 9.17) is 9.15 Å². The molecule has 0 saturated carbocycles. The van der Waals surface area contributed by atoms with Crippen LogP contribution in [-0.4, -0.2) is 27.2 Å². The highest BCUT2D eigenvalue weighted by Gasteiger charge is 2.20. The Morgan fingerprint density at radius 3 is 2.71 bits per heavy atom. The fourth-order valence-corrected chi connectivity index (χ4v) is 2.78. The minimum absolute atomic E-state index is 0.0553. The number of hydrogen-bond donors (Lipinski definition) is 1. The first-order valence-corrected chi connectivity index (χ1v) is 8.69. The van der Waals surface area contributed by atoms with Gasteiger partial charge in [-0.15, -0.1) is 0 Å². The smallest absolute Gasteiger partial charge is 0.296 e. The number of nitrogens with zero attached hydrogens (tertiary/aromatic N) is 3. The number of aryl methyl sites for hydroxylation is 2. The molecule has 0 bridgehead atoms. The van der Waals surface area contributed by atoms with Gasteiger partial charge in [0, 0.05) is 5.69 Å². The van der Waals surface area contributed by atoms with Crippen molar-refractivity contribution in [3.05, 3.63) is 69.4 Å². The number of nitrogens with one attached hydrogen (secondary N) is 1. The highest BCUT2D eigenvalue weighted by atomic mass is 16.6. The van der Waals surface area contributed by atoms with Gasteiger partial charge in [0.15, 0.2) is 5.76 Å². The fourth-order valence-electron chi connectivity index (χ4n) is 2.78. The van der Waals surface area contributed by atoms with Gasteiger partial charge in [0.2, 0.25) is 0 Å². The number of rotatable bonds is 7. The standard InChI is InChI=1S/C19H20N4O5/c1-4-27-14-5-7-16(17(10-14)23(25)26)20-19(24)18-8-6-15(28-18)11-22-13(3)9-12(2)21-22/h5-10H,4,11H2,1-3H3,(H,20,24). The summed E-state index contributed by atoms with van der Waals surface area (Å²) in [5, 5.41) is 18.2. The monoisotopic (exact) mass is 384 g/mol. The van der Waals surface area contributed by atoms with Crippen molar-refractivity contribution in [2.24, 2.45) is 0 Å². The Balaban J connectivity index is 1.76. The highest BCUT2D eigenvalue weighted by Crippen LogP contribution is 2.29. The quantitative estimate of drug-likeness (QED) is 0.491. The van der Waals surface area contributed by atoms with E-state index in [1.165, 1.54) is 18.2 Å². The van der Waals surface area contributed by atoms with Gasteiger partial charge in [0.05, 0.1) is 29.8 Å². The zero-order chi connectivity index (χ0) is 20.3. The van der Waals surface area contributed by atoms with Crippen LogP contribution in [0, 0.1) is 24.0 Å². The van der Waals surface area contributed by atoms with Crippen molar-refractivity contribution >= 4 is 17.3 Å². The van der Waals surface area contributed by atoms with E-state index in [2.05, 4.69) is 10.4 Å². The zero-order valence-electron chi connectivity index (χ0n) is 15.8. The lowest BCUT2D eigenvalue weighted by Gasteiger charge is -2.07. The molecule has 3 rings (SSSR count). The van der Waals surface area contributed by atoms with E-state index in [1.807, 2.05) is 19.9 Å². The summed E-state index contributed by atoms with van der Waals surface area (Å²) in [5.74, 6) is 0.390. The number of carbonyl (C=O) groups is 1. The topological polar surface area (TPSA) is 112 Å². The van der Waals surface area contributed by atoms with Crippen molar-refractivity contribution in [3.8, 4) is 5.75 Å². The number of nitro benzene ring substituents is 1. The molecule has 0 fully saturated rings. The average molecular weight is 384 g/mol. The summed E-state index contributed by atoms with van der Waals surface area (Å²) in [6.07, 6.45) is 0. The predicted octanol–water partition coefficient (Wildman–Crippen LogP) is 3.70. The van der Waals surface area contributed by atoms with Crippen LogP contribution in [0.3, 0.4) is 0 Å². The van der Waals surface area contributed by atoms with Crippen LogP contribution in [0.5, 0.6) is 5.75 Å². The molecule has 2 heterocycles. The molecule has 0 atom stereocenters. The molecular weight excluding hydrogens is 364 g/mol. The van der Waals surface area contributed by atoms with Gasteiger partial charge in [-0.3, -0.25) is 19.6 Å². The molecule has 0 aliphatic carbocycles. The first-order chi connectivity index (χ1) is 13.4. The number of amides is 1. The van der Waals surface area contributed by atoms with E-state index >= 15 is 0 Å². The Bertz CT molecular complexity index is 1020. The van der Waals surface area contributed by atoms with Gasteiger partial charge in [-0.05, 0) is 51.1 Å². The molecule has 146 valence electrons. The van der Waals surface area contributed by atoms with Crippen LogP contribution in [0.15, 0.2) is 40.8 Å². The lowest BCUT2D eigenvalue weighted by atomic mass is 10.2. The molecule has 0 unspecified atom stereocenters. The minimum Gasteiger partial charge on any atom is -0.494 e. The predicted molar refractivity (Wildman–Crippen MR) is 102 cm³/mol. The Morgan fingerprint density at radius 2 is 2.07 bits per heavy atom. The Morgan fingerprint density at radius 1 is 1.29 bits per heavy atom. The second kappa shape index (κ2) is 7.95. The number of aromatic nitrogens is 2. The van der Waals surface area contributed by atoms with E-state index in [9.17, 15) is 14.9 Å². The van der Waals surface area contributed by atoms with Gasteiger partial charge in [-0.25, -0.2) is 0 Å². The van der Waals surface area contributed by atoms with Gasteiger partial charge in [0.25, 0.3) is 11.6 Å². The molecule has 1 aromatic carbocycles. The van der Waals surface area contributed by atoms with Crippen LogP contribution >= 0.6 is 0 Å². The molecule has 28 heavy (non-hydrogen) atoms. The molecule has 9 heteroatoms. The van der Waals surface area contributed by atoms with Crippen molar-refractivity contribution < 1.29 is 18.9 Å². The Hall–Kier alpha value is -3.62. The molecule has 0 spiro atoms. The maximum absolute atomic E-state index is 12.5. The molecule has 9 nitrogen and oxygen atoms in total. The number of carbonyl (C=O) groups excluding carboxylic acids is 1. The molecule has 0 saturated heterocycles. The summed E-state index contributed by atoms with van der Waals surface area (Å²) in [6, 6.07) is 9.41. The summed E-state index contributed by atoms with van der Waals surface area (Å²) in [4.78, 5) is 23.2. The van der Waals surface area contributed by atoms with Crippen molar-refractivity contribution in [2.75, 3.05) is 11.9 Å². The molecular formula is C19H20N4O5. The minimum atomic E-state index is -0.577. The summed E-state index contributed by atoms with van der Waals surface area (Å²) in [6.45, 7) is 6.38. The third-order valence-corrected chi connectivity index (χ3v) is 4.02. The average Bonchev–Trinajstić information content (AvgIpc) is 3.23. The van der Waals surface area contributed by atoms with E-state index in [0.29, 0.717) is 24.7 Å². The number of furan rings is 1.